The van der Waals surface area contributed by atoms with Gasteiger partial charge < -0.3 is 5.32 Å². The molecule has 0 saturated heterocycles. The van der Waals surface area contributed by atoms with Crippen LogP contribution in [0.5, 0.6) is 0 Å². The number of carbonyl (C=O) groups is 1. The number of benzene rings is 3. The van der Waals surface area contributed by atoms with Crippen molar-refractivity contribution in [2.75, 3.05) is 10.8 Å². The quantitative estimate of drug-likeness (QED) is 0.455. The standard InChI is InChI=1S/C21H17BrCl2N2O3S/c22-16-7-10-18(11-8-16)26(30(28,29)19-4-2-1-3-5-19)14-21(27)25-13-15-6-9-17(23)12-20(15)24/h1-12H,13-14H2,(H,25,27). The minimum atomic E-state index is -3.95. The molecular weight excluding hydrogens is 511 g/mol. The van der Waals surface area contributed by atoms with Crippen LogP contribution in [-0.4, -0.2) is 20.9 Å². The molecular formula is C21H17BrCl2N2O3S. The second-order valence-corrected chi connectivity index (χ2v) is 9.94. The van der Waals surface area contributed by atoms with E-state index < -0.39 is 15.9 Å². The number of sulfonamides is 1. The molecule has 0 unspecified atom stereocenters. The van der Waals surface area contributed by atoms with Crippen LogP contribution in [0.25, 0.3) is 0 Å². The van der Waals surface area contributed by atoms with Gasteiger partial charge in [0.2, 0.25) is 5.91 Å². The number of anilines is 1. The smallest absolute Gasteiger partial charge is 0.264 e. The Bertz CT molecular complexity index is 1140. The highest BCUT2D eigenvalue weighted by Gasteiger charge is 2.27. The van der Waals surface area contributed by atoms with E-state index in [2.05, 4.69) is 21.2 Å². The van der Waals surface area contributed by atoms with Crippen molar-refractivity contribution in [3.8, 4) is 0 Å². The lowest BCUT2D eigenvalue weighted by atomic mass is 10.2. The monoisotopic (exact) mass is 526 g/mol. The number of nitrogens with zero attached hydrogens (tertiary/aromatic N) is 1. The highest BCUT2D eigenvalue weighted by atomic mass is 79.9. The Morgan fingerprint density at radius 1 is 0.967 bits per heavy atom. The second-order valence-electron chi connectivity index (χ2n) is 6.31. The average molecular weight is 528 g/mol. The zero-order valence-corrected chi connectivity index (χ0v) is 19.5. The SMILES string of the molecule is O=C(CN(c1ccc(Br)cc1)S(=O)(=O)c1ccccc1)NCc1ccc(Cl)cc1Cl. The molecule has 1 N–H and O–H groups in total. The van der Waals surface area contributed by atoms with Gasteiger partial charge in [0.1, 0.15) is 6.54 Å². The van der Waals surface area contributed by atoms with Gasteiger partial charge in [0.05, 0.1) is 10.6 Å². The lowest BCUT2D eigenvalue weighted by Gasteiger charge is -2.24. The first-order valence-corrected chi connectivity index (χ1v) is 11.8. The Balaban J connectivity index is 1.83. The first-order valence-electron chi connectivity index (χ1n) is 8.81. The van der Waals surface area contributed by atoms with Crippen LogP contribution in [0.4, 0.5) is 5.69 Å². The fraction of sp³-hybridized carbons (Fsp3) is 0.0952. The van der Waals surface area contributed by atoms with Crippen LogP contribution < -0.4 is 9.62 Å². The Labute approximate surface area is 193 Å². The Morgan fingerprint density at radius 2 is 1.63 bits per heavy atom. The average Bonchev–Trinajstić information content (AvgIpc) is 2.73. The number of halogens is 3. The third-order valence-corrected chi connectivity index (χ3v) is 7.13. The molecule has 0 heterocycles. The highest BCUT2D eigenvalue weighted by Crippen LogP contribution is 2.25. The lowest BCUT2D eigenvalue weighted by Crippen LogP contribution is -2.40. The molecule has 0 bridgehead atoms. The molecule has 5 nitrogen and oxygen atoms in total. The van der Waals surface area contributed by atoms with Gasteiger partial charge in [0.25, 0.3) is 10.0 Å². The van der Waals surface area contributed by atoms with E-state index in [1.54, 1.807) is 60.7 Å². The molecule has 0 atom stereocenters. The molecule has 1 amide bonds. The number of rotatable bonds is 7. The summed E-state index contributed by atoms with van der Waals surface area (Å²) in [6, 6.07) is 19.6. The number of amides is 1. The van der Waals surface area contributed by atoms with Crippen LogP contribution in [0.2, 0.25) is 10.0 Å². The van der Waals surface area contributed by atoms with Gasteiger partial charge in [-0.1, -0.05) is 63.4 Å². The number of nitrogens with one attached hydrogen (secondary N) is 1. The van der Waals surface area contributed by atoms with Crippen LogP contribution in [0, 0.1) is 0 Å². The summed E-state index contributed by atoms with van der Waals surface area (Å²) in [7, 11) is -3.95. The Hall–Kier alpha value is -2.06. The molecule has 3 aromatic rings. The largest absolute Gasteiger partial charge is 0.350 e. The van der Waals surface area contributed by atoms with E-state index in [0.717, 1.165) is 8.78 Å². The summed E-state index contributed by atoms with van der Waals surface area (Å²) < 4.78 is 28.3. The first kappa shape index (κ1) is 22.6. The van der Waals surface area contributed by atoms with E-state index in [0.29, 0.717) is 21.3 Å². The fourth-order valence-electron chi connectivity index (χ4n) is 2.69. The van der Waals surface area contributed by atoms with Gasteiger partial charge in [-0.25, -0.2) is 8.42 Å². The molecule has 156 valence electrons. The first-order chi connectivity index (χ1) is 14.3. The number of hydrogen-bond acceptors (Lipinski definition) is 3. The normalized spacial score (nSPS) is 11.2. The summed E-state index contributed by atoms with van der Waals surface area (Å²) in [5.41, 5.74) is 1.05. The van der Waals surface area contributed by atoms with Crippen LogP contribution >= 0.6 is 39.1 Å². The third-order valence-electron chi connectivity index (χ3n) is 4.22. The van der Waals surface area contributed by atoms with E-state index in [1.165, 1.54) is 12.1 Å². The molecule has 3 aromatic carbocycles. The molecule has 0 radical (unpaired) electrons. The van der Waals surface area contributed by atoms with Gasteiger partial charge in [-0.2, -0.15) is 0 Å². The van der Waals surface area contributed by atoms with Crippen LogP contribution in [0.15, 0.2) is 82.2 Å². The summed E-state index contributed by atoms with van der Waals surface area (Å²) in [5.74, 6) is -0.469. The van der Waals surface area contributed by atoms with E-state index in [4.69, 9.17) is 23.2 Å². The van der Waals surface area contributed by atoms with Crippen molar-refractivity contribution >= 4 is 60.7 Å². The van der Waals surface area contributed by atoms with Gasteiger partial charge >= 0.3 is 0 Å². The van der Waals surface area contributed by atoms with E-state index in [1.807, 2.05) is 0 Å². The number of hydrogen-bond donors (Lipinski definition) is 1. The summed E-state index contributed by atoms with van der Waals surface area (Å²) in [5, 5.41) is 3.62. The molecule has 30 heavy (non-hydrogen) atoms. The second kappa shape index (κ2) is 9.83. The molecule has 0 fully saturated rings. The maximum Gasteiger partial charge on any atom is 0.264 e. The zero-order valence-electron chi connectivity index (χ0n) is 15.6. The van der Waals surface area contributed by atoms with Crippen molar-refractivity contribution in [1.82, 2.24) is 5.32 Å². The summed E-state index contributed by atoms with van der Waals surface area (Å²) in [4.78, 5) is 12.7. The summed E-state index contributed by atoms with van der Waals surface area (Å²) in [6.07, 6.45) is 0. The molecule has 9 heteroatoms. The topological polar surface area (TPSA) is 66.5 Å². The zero-order chi connectivity index (χ0) is 21.7. The summed E-state index contributed by atoms with van der Waals surface area (Å²) in [6.45, 7) is -0.238. The van der Waals surface area contributed by atoms with Crippen LogP contribution in [-0.2, 0) is 21.4 Å². The van der Waals surface area contributed by atoms with Crippen LogP contribution in [0.3, 0.4) is 0 Å². The molecule has 0 aliphatic heterocycles. The van der Waals surface area contributed by atoms with Crippen LogP contribution in [0.1, 0.15) is 5.56 Å². The molecule has 0 spiro atoms. The van der Waals surface area contributed by atoms with Gasteiger partial charge in [-0.05, 0) is 54.1 Å². The highest BCUT2D eigenvalue weighted by molar-refractivity contribution is 9.10. The van der Waals surface area contributed by atoms with Crippen molar-refractivity contribution in [3.05, 3.63) is 92.9 Å². The minimum Gasteiger partial charge on any atom is -0.350 e. The van der Waals surface area contributed by atoms with Gasteiger partial charge in [-0.3, -0.25) is 9.10 Å². The predicted octanol–water partition coefficient (Wildman–Crippen LogP) is 5.27. The maximum absolute atomic E-state index is 13.2. The minimum absolute atomic E-state index is 0.0986. The van der Waals surface area contributed by atoms with Gasteiger partial charge in [0, 0.05) is 21.1 Å². The van der Waals surface area contributed by atoms with Gasteiger partial charge in [0.15, 0.2) is 0 Å². The summed E-state index contributed by atoms with van der Waals surface area (Å²) >= 11 is 15.4. The fourth-order valence-corrected chi connectivity index (χ4v) is 4.87. The van der Waals surface area contributed by atoms with Gasteiger partial charge in [-0.15, -0.1) is 0 Å². The molecule has 3 rings (SSSR count). The maximum atomic E-state index is 13.2. The van der Waals surface area contributed by atoms with Crippen molar-refractivity contribution < 1.29 is 13.2 Å². The molecule has 0 aliphatic rings. The van der Waals surface area contributed by atoms with Crippen molar-refractivity contribution in [2.45, 2.75) is 11.4 Å². The molecule has 0 aliphatic carbocycles. The van der Waals surface area contributed by atoms with Crippen molar-refractivity contribution in [2.24, 2.45) is 0 Å². The van der Waals surface area contributed by atoms with E-state index >= 15 is 0 Å². The van der Waals surface area contributed by atoms with E-state index in [9.17, 15) is 13.2 Å². The van der Waals surface area contributed by atoms with Crippen molar-refractivity contribution in [1.29, 1.82) is 0 Å². The van der Waals surface area contributed by atoms with E-state index in [-0.39, 0.29) is 18.0 Å². The molecule has 0 saturated carbocycles. The number of carbonyl (C=O) groups excluding carboxylic acids is 1. The third kappa shape index (κ3) is 5.55. The Kier molecular flexibility index (Phi) is 7.41. The lowest BCUT2D eigenvalue weighted by molar-refractivity contribution is -0.119. The predicted molar refractivity (Wildman–Crippen MR) is 123 cm³/mol. The van der Waals surface area contributed by atoms with Crippen molar-refractivity contribution in [3.63, 3.8) is 0 Å². The molecule has 0 aromatic heterocycles. The Morgan fingerprint density at radius 3 is 2.27 bits per heavy atom.